The SMILES string of the molecule is CCN(CCCC(C)c1ccc(Br)s1)c1ccc(C(C)C)c(O)c1. The first-order valence-electron chi connectivity index (χ1n) is 8.75. The molecule has 1 aromatic carbocycles. The highest BCUT2D eigenvalue weighted by Crippen LogP contribution is 2.32. The van der Waals surface area contributed by atoms with Gasteiger partial charge in [0.25, 0.3) is 0 Å². The first kappa shape index (κ1) is 19.3. The van der Waals surface area contributed by atoms with Crippen molar-refractivity contribution in [2.24, 2.45) is 0 Å². The van der Waals surface area contributed by atoms with Crippen LogP contribution in [0.4, 0.5) is 5.69 Å². The molecule has 0 spiro atoms. The molecule has 0 bridgehead atoms. The highest BCUT2D eigenvalue weighted by molar-refractivity contribution is 9.11. The lowest BCUT2D eigenvalue weighted by atomic mass is 10.0. The molecule has 24 heavy (non-hydrogen) atoms. The molecule has 1 aromatic heterocycles. The zero-order chi connectivity index (χ0) is 17.7. The lowest BCUT2D eigenvalue weighted by Gasteiger charge is -2.24. The van der Waals surface area contributed by atoms with Gasteiger partial charge >= 0.3 is 0 Å². The van der Waals surface area contributed by atoms with Gasteiger partial charge in [-0.3, -0.25) is 0 Å². The fraction of sp³-hybridized carbons (Fsp3) is 0.500. The number of benzene rings is 1. The molecule has 0 radical (unpaired) electrons. The van der Waals surface area contributed by atoms with E-state index in [1.807, 2.05) is 17.4 Å². The van der Waals surface area contributed by atoms with Crippen molar-refractivity contribution >= 4 is 33.0 Å². The zero-order valence-electron chi connectivity index (χ0n) is 15.1. The van der Waals surface area contributed by atoms with Crippen LogP contribution < -0.4 is 4.90 Å². The minimum atomic E-state index is 0.347. The van der Waals surface area contributed by atoms with Crippen molar-refractivity contribution in [3.05, 3.63) is 44.6 Å². The number of halogens is 1. The molecule has 0 aliphatic heterocycles. The zero-order valence-corrected chi connectivity index (χ0v) is 17.5. The third-order valence-corrected chi connectivity index (χ3v) is 6.38. The molecule has 132 valence electrons. The summed E-state index contributed by atoms with van der Waals surface area (Å²) in [4.78, 5) is 3.80. The monoisotopic (exact) mass is 409 g/mol. The standard InChI is InChI=1S/C20H28BrNOS/c1-5-22(16-8-9-17(14(2)3)18(23)13-16)12-6-7-15(4)19-10-11-20(21)24-19/h8-11,13-15,23H,5-7,12H2,1-4H3. The molecule has 2 nitrogen and oxygen atoms in total. The molecule has 1 heterocycles. The Hall–Kier alpha value is -1.00. The molecular formula is C20H28BrNOS. The van der Waals surface area contributed by atoms with Crippen LogP contribution in [0.5, 0.6) is 5.75 Å². The van der Waals surface area contributed by atoms with E-state index in [1.54, 1.807) is 0 Å². The van der Waals surface area contributed by atoms with Crippen LogP contribution in [0.15, 0.2) is 34.1 Å². The number of hydrogen-bond donors (Lipinski definition) is 1. The Labute approximate surface area is 158 Å². The van der Waals surface area contributed by atoms with E-state index in [1.165, 1.54) is 15.1 Å². The van der Waals surface area contributed by atoms with Crippen molar-refractivity contribution in [2.75, 3.05) is 18.0 Å². The van der Waals surface area contributed by atoms with E-state index >= 15 is 0 Å². The van der Waals surface area contributed by atoms with Crippen molar-refractivity contribution in [3.8, 4) is 5.75 Å². The van der Waals surface area contributed by atoms with Crippen molar-refractivity contribution < 1.29 is 5.11 Å². The molecule has 4 heteroatoms. The van der Waals surface area contributed by atoms with Gasteiger partial charge in [0.1, 0.15) is 5.75 Å². The van der Waals surface area contributed by atoms with Gasteiger partial charge in [-0.05, 0) is 71.3 Å². The summed E-state index contributed by atoms with van der Waals surface area (Å²) < 4.78 is 1.21. The third kappa shape index (κ3) is 5.00. The maximum absolute atomic E-state index is 10.2. The number of hydrogen-bond acceptors (Lipinski definition) is 3. The molecule has 0 fully saturated rings. The summed E-state index contributed by atoms with van der Waals surface area (Å²) in [5, 5.41) is 10.2. The van der Waals surface area contributed by atoms with Crippen LogP contribution in [-0.2, 0) is 0 Å². The third-order valence-electron chi connectivity index (χ3n) is 4.53. The number of rotatable bonds is 8. The first-order valence-corrected chi connectivity index (χ1v) is 10.4. The van der Waals surface area contributed by atoms with Crippen molar-refractivity contribution in [1.82, 2.24) is 0 Å². The fourth-order valence-electron chi connectivity index (χ4n) is 3.01. The Morgan fingerprint density at radius 3 is 2.46 bits per heavy atom. The summed E-state index contributed by atoms with van der Waals surface area (Å²) in [6.45, 7) is 10.7. The van der Waals surface area contributed by atoms with Crippen molar-refractivity contribution in [3.63, 3.8) is 0 Å². The maximum atomic E-state index is 10.2. The Balaban J connectivity index is 1.93. The number of nitrogens with zero attached hydrogens (tertiary/aromatic N) is 1. The summed E-state index contributed by atoms with van der Waals surface area (Å²) >= 11 is 5.38. The molecule has 0 saturated heterocycles. The highest BCUT2D eigenvalue weighted by atomic mass is 79.9. The van der Waals surface area contributed by atoms with Gasteiger partial charge in [0.2, 0.25) is 0 Å². The van der Waals surface area contributed by atoms with E-state index in [2.05, 4.69) is 72.8 Å². The number of aromatic hydroxyl groups is 1. The van der Waals surface area contributed by atoms with Gasteiger partial charge in [0, 0.05) is 29.7 Å². The topological polar surface area (TPSA) is 23.5 Å². The Bertz CT molecular complexity index is 653. The van der Waals surface area contributed by atoms with Crippen LogP contribution in [-0.4, -0.2) is 18.2 Å². The van der Waals surface area contributed by atoms with E-state index < -0.39 is 0 Å². The molecule has 0 aliphatic carbocycles. The summed E-state index contributed by atoms with van der Waals surface area (Å²) in [6, 6.07) is 10.5. The molecule has 0 amide bonds. The van der Waals surface area contributed by atoms with E-state index in [4.69, 9.17) is 0 Å². The molecule has 2 aromatic rings. The predicted molar refractivity (Wildman–Crippen MR) is 110 cm³/mol. The van der Waals surface area contributed by atoms with E-state index in [-0.39, 0.29) is 0 Å². The highest BCUT2D eigenvalue weighted by Gasteiger charge is 2.12. The number of thiophene rings is 1. The quantitative estimate of drug-likeness (QED) is 0.520. The number of phenols is 1. The van der Waals surface area contributed by atoms with Gasteiger partial charge in [0.05, 0.1) is 3.79 Å². The first-order chi connectivity index (χ1) is 11.4. The maximum Gasteiger partial charge on any atom is 0.121 e. The van der Waals surface area contributed by atoms with Crippen LogP contribution in [0.1, 0.15) is 62.8 Å². The summed E-state index contributed by atoms with van der Waals surface area (Å²) in [5.41, 5.74) is 2.14. The smallest absolute Gasteiger partial charge is 0.121 e. The van der Waals surface area contributed by atoms with Gasteiger partial charge in [-0.2, -0.15) is 0 Å². The minimum Gasteiger partial charge on any atom is -0.508 e. The molecule has 1 atom stereocenters. The van der Waals surface area contributed by atoms with Crippen molar-refractivity contribution in [1.29, 1.82) is 0 Å². The second-order valence-corrected chi connectivity index (χ2v) is 9.16. The van der Waals surface area contributed by atoms with Crippen LogP contribution >= 0.6 is 27.3 Å². The van der Waals surface area contributed by atoms with Crippen LogP contribution in [0.25, 0.3) is 0 Å². The largest absolute Gasteiger partial charge is 0.508 e. The van der Waals surface area contributed by atoms with E-state index in [0.717, 1.165) is 30.8 Å². The van der Waals surface area contributed by atoms with Gasteiger partial charge in [-0.1, -0.05) is 26.8 Å². The van der Waals surface area contributed by atoms with Crippen molar-refractivity contribution in [2.45, 2.75) is 52.4 Å². The summed E-state index contributed by atoms with van der Waals surface area (Å²) in [5.74, 6) is 1.36. The Kier molecular flexibility index (Phi) is 7.17. The molecular weight excluding hydrogens is 382 g/mol. The molecule has 0 aliphatic rings. The van der Waals surface area contributed by atoms with Gasteiger partial charge in [-0.25, -0.2) is 0 Å². The predicted octanol–water partition coefficient (Wildman–Crippen LogP) is 6.75. The Morgan fingerprint density at radius 1 is 1.17 bits per heavy atom. The van der Waals surface area contributed by atoms with Crippen LogP contribution in [0.3, 0.4) is 0 Å². The van der Waals surface area contributed by atoms with Gasteiger partial charge in [-0.15, -0.1) is 11.3 Å². The van der Waals surface area contributed by atoms with Gasteiger partial charge in [0.15, 0.2) is 0 Å². The summed E-state index contributed by atoms with van der Waals surface area (Å²) in [7, 11) is 0. The van der Waals surface area contributed by atoms with E-state index in [9.17, 15) is 5.11 Å². The number of anilines is 1. The molecule has 1 unspecified atom stereocenters. The normalized spacial score (nSPS) is 12.6. The molecule has 2 rings (SSSR count). The van der Waals surface area contributed by atoms with Gasteiger partial charge < -0.3 is 10.0 Å². The van der Waals surface area contributed by atoms with Crippen LogP contribution in [0.2, 0.25) is 0 Å². The average molecular weight is 410 g/mol. The second-order valence-electron chi connectivity index (χ2n) is 6.66. The van der Waals surface area contributed by atoms with E-state index in [0.29, 0.717) is 17.6 Å². The van der Waals surface area contributed by atoms with Crippen LogP contribution in [0, 0.1) is 0 Å². The molecule has 0 saturated carbocycles. The lowest BCUT2D eigenvalue weighted by molar-refractivity contribution is 0.464. The minimum absolute atomic E-state index is 0.347. The lowest BCUT2D eigenvalue weighted by Crippen LogP contribution is -2.24. The molecule has 1 N–H and O–H groups in total. The fourth-order valence-corrected chi connectivity index (χ4v) is 4.52. The average Bonchev–Trinajstić information content (AvgIpc) is 2.97. The second kappa shape index (κ2) is 8.91. The number of phenolic OH excluding ortho intramolecular Hbond substituents is 1. The Morgan fingerprint density at radius 2 is 1.92 bits per heavy atom. The summed E-state index contributed by atoms with van der Waals surface area (Å²) in [6.07, 6.45) is 2.33.